The van der Waals surface area contributed by atoms with Crippen LogP contribution in [0.4, 0.5) is 6.01 Å². The van der Waals surface area contributed by atoms with Crippen molar-refractivity contribution in [3.63, 3.8) is 0 Å². The Balaban J connectivity index is 1.82. The third-order valence-corrected chi connectivity index (χ3v) is 3.48. The lowest BCUT2D eigenvalue weighted by atomic mass is 10.1. The summed E-state index contributed by atoms with van der Waals surface area (Å²) in [6.45, 7) is 5.81. The number of benzene rings is 1. The molecule has 23 heavy (non-hydrogen) atoms. The molecule has 0 radical (unpaired) electrons. The second kappa shape index (κ2) is 5.68. The first-order chi connectivity index (χ1) is 10.9. The molecule has 0 aliphatic rings. The second-order valence-electron chi connectivity index (χ2n) is 5.52. The molecule has 1 aromatic carbocycles. The van der Waals surface area contributed by atoms with Crippen LogP contribution in [0.25, 0.3) is 11.5 Å². The van der Waals surface area contributed by atoms with E-state index in [1.54, 1.807) is 17.9 Å². The van der Waals surface area contributed by atoms with Crippen molar-refractivity contribution < 1.29 is 9.21 Å². The van der Waals surface area contributed by atoms with Crippen LogP contribution in [0.2, 0.25) is 0 Å². The van der Waals surface area contributed by atoms with Crippen LogP contribution in [-0.2, 0) is 7.05 Å². The van der Waals surface area contributed by atoms with Crippen molar-refractivity contribution in [3.05, 3.63) is 46.8 Å². The Kier molecular flexibility index (Phi) is 3.69. The van der Waals surface area contributed by atoms with Crippen molar-refractivity contribution in [3.8, 4) is 11.5 Å². The molecule has 0 aliphatic heterocycles. The highest BCUT2D eigenvalue weighted by atomic mass is 16.4. The molecule has 0 saturated carbocycles. The Bertz CT molecular complexity index is 878. The van der Waals surface area contributed by atoms with E-state index in [2.05, 4.69) is 20.6 Å². The van der Waals surface area contributed by atoms with Crippen LogP contribution in [0.3, 0.4) is 0 Å². The zero-order valence-corrected chi connectivity index (χ0v) is 13.4. The molecule has 0 saturated heterocycles. The van der Waals surface area contributed by atoms with Crippen molar-refractivity contribution >= 4 is 11.9 Å². The van der Waals surface area contributed by atoms with Gasteiger partial charge in [0, 0.05) is 24.4 Å². The van der Waals surface area contributed by atoms with Crippen LogP contribution >= 0.6 is 0 Å². The molecule has 7 heteroatoms. The van der Waals surface area contributed by atoms with E-state index in [-0.39, 0.29) is 11.9 Å². The van der Waals surface area contributed by atoms with Crippen LogP contribution in [0.15, 0.2) is 28.8 Å². The lowest BCUT2D eigenvalue weighted by Gasteiger charge is -2.02. The fraction of sp³-hybridized carbons (Fsp3) is 0.250. The maximum absolute atomic E-state index is 12.2. The summed E-state index contributed by atoms with van der Waals surface area (Å²) in [5.74, 6) is -0.00512. The van der Waals surface area contributed by atoms with E-state index in [4.69, 9.17) is 4.42 Å². The molecular formula is C16H17N5O2. The topological polar surface area (TPSA) is 85.8 Å². The third-order valence-electron chi connectivity index (χ3n) is 3.48. The Morgan fingerprint density at radius 3 is 2.61 bits per heavy atom. The molecule has 118 valence electrons. The predicted octanol–water partition coefficient (Wildman–Crippen LogP) is 2.65. The quantitative estimate of drug-likeness (QED) is 0.803. The Morgan fingerprint density at radius 1 is 1.17 bits per heavy atom. The number of anilines is 1. The molecule has 2 aromatic heterocycles. The summed E-state index contributed by atoms with van der Waals surface area (Å²) in [5, 5.41) is 14.6. The molecule has 0 fully saturated rings. The van der Waals surface area contributed by atoms with E-state index in [0.717, 1.165) is 22.3 Å². The number of nitrogens with zero attached hydrogens (tertiary/aromatic N) is 4. The molecule has 7 nitrogen and oxygen atoms in total. The van der Waals surface area contributed by atoms with Crippen molar-refractivity contribution in [2.75, 3.05) is 5.32 Å². The summed E-state index contributed by atoms with van der Waals surface area (Å²) in [6, 6.07) is 5.99. The van der Waals surface area contributed by atoms with Gasteiger partial charge >= 0.3 is 6.01 Å². The number of carbonyl (C=O) groups excluding carboxylic acids is 1. The first kappa shape index (κ1) is 15.0. The summed E-state index contributed by atoms with van der Waals surface area (Å²) in [7, 11) is 1.76. The van der Waals surface area contributed by atoms with Crippen LogP contribution in [0.1, 0.15) is 27.2 Å². The SMILES string of the molecule is Cc1ccc(-c2nnc(NC(=O)c3nn(C)cc3C)o2)c(C)c1. The minimum absolute atomic E-state index is 0.0510. The fourth-order valence-electron chi connectivity index (χ4n) is 2.42. The van der Waals surface area contributed by atoms with Crippen LogP contribution in [0.5, 0.6) is 0 Å². The second-order valence-corrected chi connectivity index (χ2v) is 5.52. The van der Waals surface area contributed by atoms with Crippen molar-refractivity contribution in [2.24, 2.45) is 7.05 Å². The number of aromatic nitrogens is 4. The van der Waals surface area contributed by atoms with E-state index >= 15 is 0 Å². The standard InChI is InChI=1S/C16H17N5O2/c1-9-5-6-12(10(2)7-9)15-18-19-16(23-15)17-14(22)13-11(3)8-21(4)20-13/h5-8H,1-4H3,(H,17,19,22). The highest BCUT2D eigenvalue weighted by Gasteiger charge is 2.17. The Labute approximate surface area is 133 Å². The largest absolute Gasteiger partial charge is 0.403 e. The monoisotopic (exact) mass is 311 g/mol. The van der Waals surface area contributed by atoms with Crippen molar-refractivity contribution in [1.29, 1.82) is 0 Å². The molecule has 3 aromatic rings. The average molecular weight is 311 g/mol. The van der Waals surface area contributed by atoms with Gasteiger partial charge in [-0.25, -0.2) is 0 Å². The first-order valence-corrected chi connectivity index (χ1v) is 7.17. The van der Waals surface area contributed by atoms with E-state index in [1.807, 2.05) is 39.0 Å². The normalized spacial score (nSPS) is 10.8. The van der Waals surface area contributed by atoms with Crippen LogP contribution in [-0.4, -0.2) is 25.9 Å². The Hall–Kier alpha value is -2.96. The molecular weight excluding hydrogens is 294 g/mol. The zero-order chi connectivity index (χ0) is 16.6. The van der Waals surface area contributed by atoms with Crippen LogP contribution in [0, 0.1) is 20.8 Å². The number of hydrogen-bond acceptors (Lipinski definition) is 5. The van der Waals surface area contributed by atoms with Gasteiger partial charge in [0.15, 0.2) is 5.69 Å². The van der Waals surface area contributed by atoms with Gasteiger partial charge in [-0.1, -0.05) is 22.8 Å². The summed E-state index contributed by atoms with van der Waals surface area (Å²) >= 11 is 0. The molecule has 0 aliphatic carbocycles. The molecule has 2 heterocycles. The molecule has 0 unspecified atom stereocenters. The number of hydrogen-bond donors (Lipinski definition) is 1. The van der Waals surface area contributed by atoms with Crippen molar-refractivity contribution in [2.45, 2.75) is 20.8 Å². The number of nitrogens with one attached hydrogen (secondary N) is 1. The van der Waals surface area contributed by atoms with Gasteiger partial charge in [0.1, 0.15) is 0 Å². The van der Waals surface area contributed by atoms with Gasteiger partial charge in [0.05, 0.1) is 0 Å². The lowest BCUT2D eigenvalue weighted by Crippen LogP contribution is -2.14. The van der Waals surface area contributed by atoms with Crippen molar-refractivity contribution in [1.82, 2.24) is 20.0 Å². The number of aryl methyl sites for hydroxylation is 4. The smallest absolute Gasteiger partial charge is 0.322 e. The van der Waals surface area contributed by atoms with Gasteiger partial charge in [-0.3, -0.25) is 14.8 Å². The van der Waals surface area contributed by atoms with Gasteiger partial charge in [0.25, 0.3) is 5.91 Å². The number of carbonyl (C=O) groups is 1. The third kappa shape index (κ3) is 2.98. The number of amides is 1. The first-order valence-electron chi connectivity index (χ1n) is 7.17. The maximum atomic E-state index is 12.2. The molecule has 1 amide bonds. The van der Waals surface area contributed by atoms with Gasteiger partial charge in [0.2, 0.25) is 5.89 Å². The molecule has 0 bridgehead atoms. The molecule has 1 N–H and O–H groups in total. The summed E-state index contributed by atoms with van der Waals surface area (Å²) in [4.78, 5) is 12.2. The van der Waals surface area contributed by atoms with Gasteiger partial charge in [-0.05, 0) is 32.4 Å². The highest BCUT2D eigenvalue weighted by molar-refractivity contribution is 6.02. The summed E-state index contributed by atoms with van der Waals surface area (Å²) in [5.41, 5.74) is 4.15. The van der Waals surface area contributed by atoms with Gasteiger partial charge < -0.3 is 4.42 Å². The highest BCUT2D eigenvalue weighted by Crippen LogP contribution is 2.24. The molecule has 0 atom stereocenters. The minimum Gasteiger partial charge on any atom is -0.403 e. The Morgan fingerprint density at radius 2 is 1.96 bits per heavy atom. The van der Waals surface area contributed by atoms with E-state index in [1.165, 1.54) is 0 Å². The van der Waals surface area contributed by atoms with E-state index < -0.39 is 0 Å². The zero-order valence-electron chi connectivity index (χ0n) is 13.4. The fourth-order valence-corrected chi connectivity index (χ4v) is 2.42. The average Bonchev–Trinajstić information content (AvgIpc) is 3.05. The van der Waals surface area contributed by atoms with Gasteiger partial charge in [-0.15, -0.1) is 5.10 Å². The van der Waals surface area contributed by atoms with Gasteiger partial charge in [-0.2, -0.15) is 5.10 Å². The molecule has 0 spiro atoms. The number of rotatable bonds is 3. The minimum atomic E-state index is -0.376. The predicted molar refractivity (Wildman–Crippen MR) is 85.1 cm³/mol. The van der Waals surface area contributed by atoms with E-state index in [0.29, 0.717) is 11.6 Å². The summed E-state index contributed by atoms with van der Waals surface area (Å²) in [6.07, 6.45) is 1.77. The lowest BCUT2D eigenvalue weighted by molar-refractivity contribution is 0.101. The molecule has 3 rings (SSSR count). The van der Waals surface area contributed by atoms with E-state index in [9.17, 15) is 4.79 Å². The maximum Gasteiger partial charge on any atom is 0.322 e. The van der Waals surface area contributed by atoms with Crippen LogP contribution < -0.4 is 5.32 Å². The summed E-state index contributed by atoms with van der Waals surface area (Å²) < 4.78 is 7.12.